The van der Waals surface area contributed by atoms with Gasteiger partial charge < -0.3 is 14.7 Å². The minimum Gasteiger partial charge on any atom is -0.368 e. The number of halogens is 1. The standard InChI is InChI=1S/C28H35FN4O3/c1-20-8-7-11-24(21(20)2)31-13-15-32(16-14-31)25(34)18-28(22-9-5-6-10-23(22)29)19-26(35)33(27(28)36)17-12-30(3)4/h5-11H,12-19H2,1-4H3/t28-/m1/s1. The third-order valence-electron chi connectivity index (χ3n) is 7.57. The van der Waals surface area contributed by atoms with Crippen LogP contribution in [0.25, 0.3) is 0 Å². The van der Waals surface area contributed by atoms with Crippen LogP contribution >= 0.6 is 0 Å². The number of imide groups is 1. The minimum absolute atomic E-state index is 0.123. The summed E-state index contributed by atoms with van der Waals surface area (Å²) >= 11 is 0. The van der Waals surface area contributed by atoms with Crippen LogP contribution in [0.1, 0.15) is 29.5 Å². The van der Waals surface area contributed by atoms with E-state index in [-0.39, 0.29) is 36.8 Å². The molecule has 36 heavy (non-hydrogen) atoms. The molecular formula is C28H35FN4O3. The summed E-state index contributed by atoms with van der Waals surface area (Å²) in [6.45, 7) is 7.25. The van der Waals surface area contributed by atoms with E-state index in [2.05, 4.69) is 30.9 Å². The molecule has 0 saturated carbocycles. The van der Waals surface area contributed by atoms with Gasteiger partial charge in [-0.3, -0.25) is 19.3 Å². The number of carbonyl (C=O) groups is 3. The highest BCUT2D eigenvalue weighted by Gasteiger charge is 2.55. The maximum atomic E-state index is 15.0. The molecule has 2 aliphatic rings. The lowest BCUT2D eigenvalue weighted by atomic mass is 9.75. The maximum absolute atomic E-state index is 15.0. The number of benzene rings is 2. The van der Waals surface area contributed by atoms with Crippen molar-refractivity contribution in [2.75, 3.05) is 58.3 Å². The van der Waals surface area contributed by atoms with Crippen molar-refractivity contribution < 1.29 is 18.8 Å². The fourth-order valence-electron chi connectivity index (χ4n) is 5.27. The Hall–Kier alpha value is -3.26. The molecule has 2 fully saturated rings. The number of hydrogen-bond acceptors (Lipinski definition) is 5. The molecule has 0 unspecified atom stereocenters. The van der Waals surface area contributed by atoms with Gasteiger partial charge in [0, 0.05) is 63.4 Å². The predicted octanol–water partition coefficient (Wildman–Crippen LogP) is 2.74. The molecule has 0 aromatic heterocycles. The molecule has 2 aromatic carbocycles. The van der Waals surface area contributed by atoms with Crippen molar-refractivity contribution in [2.45, 2.75) is 32.1 Å². The van der Waals surface area contributed by atoms with Crippen LogP contribution < -0.4 is 4.90 Å². The van der Waals surface area contributed by atoms with E-state index in [9.17, 15) is 14.4 Å². The average Bonchev–Trinajstić information content (AvgIpc) is 3.09. The van der Waals surface area contributed by atoms with Gasteiger partial charge in [0.1, 0.15) is 5.82 Å². The van der Waals surface area contributed by atoms with Gasteiger partial charge in [-0.25, -0.2) is 4.39 Å². The van der Waals surface area contributed by atoms with E-state index in [1.54, 1.807) is 17.0 Å². The normalized spacial score (nSPS) is 20.6. The van der Waals surface area contributed by atoms with E-state index in [0.717, 1.165) is 5.69 Å². The van der Waals surface area contributed by atoms with Gasteiger partial charge in [-0.2, -0.15) is 0 Å². The van der Waals surface area contributed by atoms with Crippen LogP contribution in [-0.4, -0.2) is 85.8 Å². The van der Waals surface area contributed by atoms with Crippen LogP contribution in [0.15, 0.2) is 42.5 Å². The van der Waals surface area contributed by atoms with Gasteiger partial charge in [0.2, 0.25) is 17.7 Å². The molecule has 0 bridgehead atoms. The highest BCUT2D eigenvalue weighted by Crippen LogP contribution is 2.41. The van der Waals surface area contributed by atoms with Gasteiger partial charge in [0.15, 0.2) is 0 Å². The molecule has 1 atom stereocenters. The summed E-state index contributed by atoms with van der Waals surface area (Å²) in [4.78, 5) is 47.2. The van der Waals surface area contributed by atoms with Crippen LogP contribution in [0.3, 0.4) is 0 Å². The monoisotopic (exact) mass is 494 g/mol. The number of rotatable bonds is 7. The third kappa shape index (κ3) is 4.87. The van der Waals surface area contributed by atoms with E-state index in [4.69, 9.17) is 0 Å². The van der Waals surface area contributed by atoms with Crippen molar-refractivity contribution in [3.63, 3.8) is 0 Å². The largest absolute Gasteiger partial charge is 0.368 e. The summed E-state index contributed by atoms with van der Waals surface area (Å²) in [5, 5.41) is 0. The molecule has 2 aliphatic heterocycles. The van der Waals surface area contributed by atoms with Gasteiger partial charge in [0.25, 0.3) is 0 Å². The van der Waals surface area contributed by atoms with Crippen molar-refractivity contribution in [3.05, 3.63) is 65.0 Å². The average molecular weight is 495 g/mol. The van der Waals surface area contributed by atoms with Crippen LogP contribution in [-0.2, 0) is 19.8 Å². The quantitative estimate of drug-likeness (QED) is 0.554. The molecule has 2 saturated heterocycles. The summed E-state index contributed by atoms with van der Waals surface area (Å²) in [6.07, 6.45) is -0.422. The fourth-order valence-corrected chi connectivity index (χ4v) is 5.27. The Morgan fingerprint density at radius 2 is 1.69 bits per heavy atom. The zero-order chi connectivity index (χ0) is 26.0. The zero-order valence-corrected chi connectivity index (χ0v) is 21.6. The van der Waals surface area contributed by atoms with Crippen LogP contribution in [0.5, 0.6) is 0 Å². The number of aryl methyl sites for hydroxylation is 1. The number of piperazine rings is 1. The smallest absolute Gasteiger partial charge is 0.241 e. The Kier molecular flexibility index (Phi) is 7.45. The summed E-state index contributed by atoms with van der Waals surface area (Å²) in [6, 6.07) is 12.2. The van der Waals surface area contributed by atoms with E-state index in [1.807, 2.05) is 25.1 Å². The summed E-state index contributed by atoms with van der Waals surface area (Å²) in [5.41, 5.74) is 2.22. The van der Waals surface area contributed by atoms with Gasteiger partial charge in [-0.15, -0.1) is 0 Å². The topological polar surface area (TPSA) is 64.2 Å². The number of likely N-dealkylation sites (tertiary alicyclic amines) is 1. The molecule has 2 aromatic rings. The fraction of sp³-hybridized carbons (Fsp3) is 0.464. The molecule has 8 heteroatoms. The molecule has 0 aliphatic carbocycles. The molecule has 7 nitrogen and oxygen atoms in total. The SMILES string of the molecule is Cc1cccc(N2CCN(C(=O)C[C@]3(c4ccccc4F)CC(=O)N(CCN(C)C)C3=O)CC2)c1C. The second-order valence-corrected chi connectivity index (χ2v) is 10.2. The lowest BCUT2D eigenvalue weighted by Crippen LogP contribution is -2.51. The first kappa shape index (κ1) is 25.8. The van der Waals surface area contributed by atoms with Gasteiger partial charge in [-0.1, -0.05) is 30.3 Å². The summed E-state index contributed by atoms with van der Waals surface area (Å²) < 4.78 is 15.0. The van der Waals surface area contributed by atoms with E-state index in [0.29, 0.717) is 32.7 Å². The summed E-state index contributed by atoms with van der Waals surface area (Å²) in [7, 11) is 3.72. The van der Waals surface area contributed by atoms with Gasteiger partial charge in [-0.05, 0) is 51.2 Å². The predicted molar refractivity (Wildman–Crippen MR) is 137 cm³/mol. The molecule has 192 valence electrons. The first-order chi connectivity index (χ1) is 17.1. The minimum atomic E-state index is -1.52. The van der Waals surface area contributed by atoms with Crippen LogP contribution in [0, 0.1) is 19.7 Å². The van der Waals surface area contributed by atoms with Crippen LogP contribution in [0.2, 0.25) is 0 Å². The van der Waals surface area contributed by atoms with Crippen molar-refractivity contribution in [2.24, 2.45) is 0 Å². The first-order valence-corrected chi connectivity index (χ1v) is 12.5. The third-order valence-corrected chi connectivity index (χ3v) is 7.57. The highest BCUT2D eigenvalue weighted by atomic mass is 19.1. The number of nitrogens with zero attached hydrogens (tertiary/aromatic N) is 4. The van der Waals surface area contributed by atoms with Crippen molar-refractivity contribution in [1.29, 1.82) is 0 Å². The molecule has 3 amide bonds. The van der Waals surface area contributed by atoms with Gasteiger partial charge >= 0.3 is 0 Å². The number of carbonyl (C=O) groups excluding carboxylic acids is 3. The highest BCUT2D eigenvalue weighted by molar-refractivity contribution is 6.10. The molecule has 4 rings (SSSR count). The lowest BCUT2D eigenvalue weighted by molar-refractivity contribution is -0.143. The lowest BCUT2D eigenvalue weighted by Gasteiger charge is -2.38. The van der Waals surface area contributed by atoms with E-state index in [1.165, 1.54) is 28.2 Å². The number of likely N-dealkylation sites (N-methyl/N-ethyl adjacent to an activating group) is 1. The molecule has 0 N–H and O–H groups in total. The molecular weight excluding hydrogens is 459 g/mol. The van der Waals surface area contributed by atoms with E-state index >= 15 is 4.39 Å². The Labute approximate surface area is 212 Å². The molecule has 2 heterocycles. The Morgan fingerprint density at radius 1 is 1.00 bits per heavy atom. The number of anilines is 1. The maximum Gasteiger partial charge on any atom is 0.241 e. The van der Waals surface area contributed by atoms with Crippen molar-refractivity contribution in [1.82, 2.24) is 14.7 Å². The van der Waals surface area contributed by atoms with E-state index < -0.39 is 17.1 Å². The van der Waals surface area contributed by atoms with Crippen molar-refractivity contribution >= 4 is 23.4 Å². The number of amides is 3. The van der Waals surface area contributed by atoms with Gasteiger partial charge in [0.05, 0.1) is 5.41 Å². The Balaban J connectivity index is 1.54. The Morgan fingerprint density at radius 3 is 2.36 bits per heavy atom. The summed E-state index contributed by atoms with van der Waals surface area (Å²) in [5.74, 6) is -1.64. The molecule has 0 spiro atoms. The molecule has 0 radical (unpaired) electrons. The van der Waals surface area contributed by atoms with Crippen LogP contribution in [0.4, 0.5) is 10.1 Å². The second kappa shape index (κ2) is 10.4. The zero-order valence-electron chi connectivity index (χ0n) is 21.6. The van der Waals surface area contributed by atoms with Crippen molar-refractivity contribution in [3.8, 4) is 0 Å². The first-order valence-electron chi connectivity index (χ1n) is 12.5. The number of hydrogen-bond donors (Lipinski definition) is 0. The second-order valence-electron chi connectivity index (χ2n) is 10.2. The Bertz CT molecular complexity index is 1160.